The second-order valence-corrected chi connectivity index (χ2v) is 5.79. The summed E-state index contributed by atoms with van der Waals surface area (Å²) in [5.74, 6) is -0.582. The van der Waals surface area contributed by atoms with Gasteiger partial charge in [-0.25, -0.2) is 9.29 Å². The van der Waals surface area contributed by atoms with Crippen LogP contribution >= 0.6 is 0 Å². The number of hydrogen-bond donors (Lipinski definition) is 1. The lowest BCUT2D eigenvalue weighted by molar-refractivity contribution is 0.0498. The maximum atomic E-state index is 12.2. The van der Waals surface area contributed by atoms with E-state index in [1.54, 1.807) is 6.92 Å². The van der Waals surface area contributed by atoms with Crippen molar-refractivity contribution in [2.45, 2.75) is 18.1 Å². The standard InChI is InChI=1S/C11H15N3O4S/c1-2-18-8(6-12)7-14-11(15)9-4-3-5-13-10(9)19(14,16)17/h3-5,8H,2,6-7,12H2,1H3. The van der Waals surface area contributed by atoms with E-state index in [0.717, 1.165) is 4.31 Å². The summed E-state index contributed by atoms with van der Waals surface area (Å²) in [5, 5.41) is -0.202. The zero-order valence-corrected chi connectivity index (χ0v) is 11.3. The molecule has 8 heteroatoms. The summed E-state index contributed by atoms with van der Waals surface area (Å²) in [6.45, 7) is 2.22. The fraction of sp³-hybridized carbons (Fsp3) is 0.455. The maximum Gasteiger partial charge on any atom is 0.285 e. The molecule has 1 amide bonds. The molecule has 1 aromatic rings. The van der Waals surface area contributed by atoms with Crippen LogP contribution in [-0.2, 0) is 14.8 Å². The van der Waals surface area contributed by atoms with Crippen LogP contribution in [0.5, 0.6) is 0 Å². The predicted octanol–water partition coefficient (Wildman–Crippen LogP) is -0.410. The summed E-state index contributed by atoms with van der Waals surface area (Å²) in [4.78, 5) is 15.8. The second-order valence-electron chi connectivity index (χ2n) is 4.01. The summed E-state index contributed by atoms with van der Waals surface area (Å²) in [7, 11) is -3.88. The van der Waals surface area contributed by atoms with Crippen LogP contribution in [-0.4, -0.2) is 49.4 Å². The van der Waals surface area contributed by atoms with Crippen LogP contribution in [0.15, 0.2) is 23.4 Å². The molecule has 0 bridgehead atoms. The summed E-state index contributed by atoms with van der Waals surface area (Å²) in [5.41, 5.74) is 5.60. The normalized spacial score (nSPS) is 18.4. The highest BCUT2D eigenvalue weighted by Crippen LogP contribution is 2.28. The van der Waals surface area contributed by atoms with Crippen molar-refractivity contribution in [1.29, 1.82) is 0 Å². The molecule has 7 nitrogen and oxygen atoms in total. The molecule has 2 heterocycles. The Hall–Kier alpha value is -1.51. The Bertz CT molecular complexity index is 587. The quantitative estimate of drug-likeness (QED) is 0.789. The molecule has 1 atom stereocenters. The van der Waals surface area contributed by atoms with E-state index in [-0.39, 0.29) is 23.7 Å². The molecule has 1 aromatic heterocycles. The molecule has 0 fully saturated rings. The molecule has 0 saturated carbocycles. The summed E-state index contributed by atoms with van der Waals surface area (Å²) in [6.07, 6.45) is 0.828. The highest BCUT2D eigenvalue weighted by molar-refractivity contribution is 7.90. The first-order chi connectivity index (χ1) is 9.02. The van der Waals surface area contributed by atoms with E-state index in [2.05, 4.69) is 4.98 Å². The van der Waals surface area contributed by atoms with Crippen LogP contribution in [0.2, 0.25) is 0 Å². The van der Waals surface area contributed by atoms with Gasteiger partial charge in [0, 0.05) is 19.3 Å². The van der Waals surface area contributed by atoms with Crippen molar-refractivity contribution in [3.8, 4) is 0 Å². The second kappa shape index (κ2) is 5.24. The Morgan fingerprint density at radius 1 is 1.53 bits per heavy atom. The van der Waals surface area contributed by atoms with Crippen molar-refractivity contribution < 1.29 is 17.9 Å². The highest BCUT2D eigenvalue weighted by atomic mass is 32.2. The first-order valence-corrected chi connectivity index (χ1v) is 7.30. The smallest absolute Gasteiger partial charge is 0.285 e. The van der Waals surface area contributed by atoms with Gasteiger partial charge in [0.25, 0.3) is 15.9 Å². The van der Waals surface area contributed by atoms with Crippen molar-refractivity contribution in [1.82, 2.24) is 9.29 Å². The minimum Gasteiger partial charge on any atom is -0.375 e. The third kappa shape index (κ3) is 2.34. The molecule has 0 spiro atoms. The van der Waals surface area contributed by atoms with Crippen LogP contribution in [0.1, 0.15) is 17.3 Å². The van der Waals surface area contributed by atoms with Crippen molar-refractivity contribution in [3.05, 3.63) is 23.9 Å². The van der Waals surface area contributed by atoms with Crippen molar-refractivity contribution >= 4 is 15.9 Å². The van der Waals surface area contributed by atoms with Crippen molar-refractivity contribution in [2.24, 2.45) is 5.73 Å². The van der Waals surface area contributed by atoms with Gasteiger partial charge in [0.2, 0.25) is 0 Å². The number of hydrogen-bond acceptors (Lipinski definition) is 6. The SMILES string of the molecule is CCOC(CN)CN1C(=O)c2cccnc2S1(=O)=O. The minimum atomic E-state index is -3.88. The van der Waals surface area contributed by atoms with E-state index in [4.69, 9.17) is 10.5 Å². The Morgan fingerprint density at radius 2 is 2.26 bits per heavy atom. The topological polar surface area (TPSA) is 103 Å². The minimum absolute atomic E-state index is 0.0924. The van der Waals surface area contributed by atoms with Crippen LogP contribution in [0, 0.1) is 0 Å². The molecule has 0 aromatic carbocycles. The number of aromatic nitrogens is 1. The van der Waals surface area contributed by atoms with E-state index < -0.39 is 22.0 Å². The lowest BCUT2D eigenvalue weighted by atomic mass is 10.2. The van der Waals surface area contributed by atoms with Gasteiger partial charge in [-0.2, -0.15) is 8.42 Å². The molecular weight excluding hydrogens is 270 g/mol. The number of carbonyl (C=O) groups is 1. The van der Waals surface area contributed by atoms with Crippen molar-refractivity contribution in [3.63, 3.8) is 0 Å². The van der Waals surface area contributed by atoms with Gasteiger partial charge in [0.15, 0.2) is 5.03 Å². The Labute approximate surface area is 111 Å². The zero-order chi connectivity index (χ0) is 14.0. The van der Waals surface area contributed by atoms with E-state index in [0.29, 0.717) is 6.61 Å². The average molecular weight is 285 g/mol. The lowest BCUT2D eigenvalue weighted by Gasteiger charge is -2.21. The first kappa shape index (κ1) is 13.9. The van der Waals surface area contributed by atoms with E-state index in [1.165, 1.54) is 18.3 Å². The predicted molar refractivity (Wildman–Crippen MR) is 66.9 cm³/mol. The van der Waals surface area contributed by atoms with Gasteiger partial charge in [-0.3, -0.25) is 4.79 Å². The highest BCUT2D eigenvalue weighted by Gasteiger charge is 2.43. The summed E-state index contributed by atoms with van der Waals surface area (Å²) < 4.78 is 30.5. The monoisotopic (exact) mass is 285 g/mol. The Kier molecular flexibility index (Phi) is 3.83. The molecular formula is C11H15N3O4S. The summed E-state index contributed by atoms with van der Waals surface area (Å²) in [6, 6.07) is 2.97. The van der Waals surface area contributed by atoms with Gasteiger partial charge in [-0.1, -0.05) is 0 Å². The average Bonchev–Trinajstić information content (AvgIpc) is 2.60. The molecule has 1 aliphatic rings. The number of rotatable bonds is 5. The van der Waals surface area contributed by atoms with Crippen LogP contribution < -0.4 is 5.73 Å². The molecule has 1 aliphatic heterocycles. The van der Waals surface area contributed by atoms with Gasteiger partial charge in [0.05, 0.1) is 18.2 Å². The van der Waals surface area contributed by atoms with Crippen LogP contribution in [0.3, 0.4) is 0 Å². The van der Waals surface area contributed by atoms with Gasteiger partial charge < -0.3 is 10.5 Å². The molecule has 0 radical (unpaired) electrons. The number of sulfonamides is 1. The fourth-order valence-electron chi connectivity index (χ4n) is 1.90. The van der Waals surface area contributed by atoms with Gasteiger partial charge in [-0.15, -0.1) is 0 Å². The van der Waals surface area contributed by atoms with E-state index in [9.17, 15) is 13.2 Å². The number of nitrogens with two attached hydrogens (primary N) is 1. The third-order valence-electron chi connectivity index (χ3n) is 2.80. The largest absolute Gasteiger partial charge is 0.375 e. The lowest BCUT2D eigenvalue weighted by Crippen LogP contribution is -2.41. The van der Waals surface area contributed by atoms with Gasteiger partial charge in [0.1, 0.15) is 0 Å². The van der Waals surface area contributed by atoms with E-state index in [1.807, 2.05) is 0 Å². The molecule has 104 valence electrons. The van der Waals surface area contributed by atoms with Crippen molar-refractivity contribution in [2.75, 3.05) is 19.7 Å². The third-order valence-corrected chi connectivity index (χ3v) is 4.51. The Balaban J connectivity index is 2.32. The summed E-state index contributed by atoms with van der Waals surface area (Å²) >= 11 is 0. The number of amides is 1. The maximum absolute atomic E-state index is 12.2. The number of pyridine rings is 1. The van der Waals surface area contributed by atoms with Crippen LogP contribution in [0.25, 0.3) is 0 Å². The van der Waals surface area contributed by atoms with Gasteiger partial charge >= 0.3 is 0 Å². The number of carbonyl (C=O) groups excluding carboxylic acids is 1. The first-order valence-electron chi connectivity index (χ1n) is 5.86. The molecule has 2 N–H and O–H groups in total. The zero-order valence-electron chi connectivity index (χ0n) is 10.4. The molecule has 0 saturated heterocycles. The number of ether oxygens (including phenoxy) is 1. The number of nitrogens with zero attached hydrogens (tertiary/aromatic N) is 2. The molecule has 2 rings (SSSR count). The van der Waals surface area contributed by atoms with E-state index >= 15 is 0 Å². The molecule has 0 aliphatic carbocycles. The van der Waals surface area contributed by atoms with Crippen LogP contribution in [0.4, 0.5) is 0 Å². The molecule has 19 heavy (non-hydrogen) atoms. The Morgan fingerprint density at radius 3 is 2.84 bits per heavy atom. The molecule has 1 unspecified atom stereocenters. The van der Waals surface area contributed by atoms with Gasteiger partial charge in [-0.05, 0) is 19.1 Å². The fourth-order valence-corrected chi connectivity index (χ4v) is 3.42. The number of fused-ring (bicyclic) bond motifs is 1.